The van der Waals surface area contributed by atoms with Crippen LogP contribution in [0.3, 0.4) is 0 Å². The molecule has 3 aromatic rings. The van der Waals surface area contributed by atoms with Gasteiger partial charge in [-0.05, 0) is 54.9 Å². The van der Waals surface area contributed by atoms with Gasteiger partial charge in [-0.15, -0.1) is 12.4 Å². The van der Waals surface area contributed by atoms with E-state index < -0.39 is 0 Å². The van der Waals surface area contributed by atoms with Crippen LogP contribution in [0.5, 0.6) is 5.75 Å². The van der Waals surface area contributed by atoms with E-state index in [2.05, 4.69) is 11.4 Å². The molecule has 0 saturated carbocycles. The van der Waals surface area contributed by atoms with E-state index in [1.165, 1.54) is 5.56 Å². The summed E-state index contributed by atoms with van der Waals surface area (Å²) in [5.74, 6) is 2.54. The maximum atomic E-state index is 6.04. The van der Waals surface area contributed by atoms with E-state index in [4.69, 9.17) is 32.4 Å². The lowest BCUT2D eigenvalue weighted by molar-refractivity contribution is 0.408. The van der Waals surface area contributed by atoms with Gasteiger partial charge in [-0.1, -0.05) is 41.4 Å². The van der Waals surface area contributed by atoms with Gasteiger partial charge in [-0.25, -0.2) is 0 Å². The summed E-state index contributed by atoms with van der Waals surface area (Å²) >= 11 is 12.1. The number of halogens is 3. The van der Waals surface area contributed by atoms with Gasteiger partial charge in [0, 0.05) is 15.6 Å². The maximum absolute atomic E-state index is 6.04. The van der Waals surface area contributed by atoms with Gasteiger partial charge in [0.05, 0.1) is 13.7 Å². The first-order valence-electron chi connectivity index (χ1n) is 8.03. The molecule has 0 aliphatic heterocycles. The maximum Gasteiger partial charge on any atom is 0.134 e. The van der Waals surface area contributed by atoms with Crippen LogP contribution in [0.1, 0.15) is 11.3 Å². The van der Waals surface area contributed by atoms with Gasteiger partial charge in [-0.3, -0.25) is 0 Å². The second-order valence-electron chi connectivity index (χ2n) is 5.66. The highest BCUT2D eigenvalue weighted by Gasteiger charge is 2.07. The predicted molar refractivity (Wildman–Crippen MR) is 110 cm³/mol. The molecule has 0 atom stereocenters. The Bertz CT molecular complexity index is 828. The topological polar surface area (TPSA) is 34.4 Å². The largest absolute Gasteiger partial charge is 0.496 e. The van der Waals surface area contributed by atoms with E-state index in [1.54, 1.807) is 13.2 Å². The third-order valence-corrected chi connectivity index (χ3v) is 4.31. The number of benzene rings is 2. The molecule has 6 heteroatoms. The number of hydrogen-bond donors (Lipinski definition) is 1. The van der Waals surface area contributed by atoms with E-state index in [-0.39, 0.29) is 12.4 Å². The van der Waals surface area contributed by atoms with Crippen molar-refractivity contribution in [1.29, 1.82) is 0 Å². The molecule has 1 aromatic heterocycles. The molecule has 3 nitrogen and oxygen atoms in total. The van der Waals surface area contributed by atoms with Crippen molar-refractivity contribution in [2.45, 2.75) is 13.0 Å². The number of methoxy groups -OCH3 is 1. The van der Waals surface area contributed by atoms with E-state index >= 15 is 0 Å². The van der Waals surface area contributed by atoms with Crippen molar-refractivity contribution in [3.8, 4) is 17.1 Å². The lowest BCUT2D eigenvalue weighted by atomic mass is 10.1. The first kappa shape index (κ1) is 20.7. The Morgan fingerprint density at radius 1 is 1.00 bits per heavy atom. The Labute approximate surface area is 169 Å². The minimum Gasteiger partial charge on any atom is -0.496 e. The number of rotatable bonds is 7. The fraction of sp³-hybridized carbons (Fsp3) is 0.200. The van der Waals surface area contributed by atoms with Gasteiger partial charge in [0.2, 0.25) is 0 Å². The molecule has 3 rings (SSSR count). The molecule has 1 N–H and O–H groups in total. The summed E-state index contributed by atoms with van der Waals surface area (Å²) < 4.78 is 11.2. The molecule has 0 aliphatic carbocycles. The van der Waals surface area contributed by atoms with Crippen molar-refractivity contribution >= 4 is 35.6 Å². The molecule has 0 unspecified atom stereocenters. The number of para-hydroxylation sites is 1. The summed E-state index contributed by atoms with van der Waals surface area (Å²) in [6.45, 7) is 1.49. The van der Waals surface area contributed by atoms with E-state index in [0.717, 1.165) is 35.8 Å². The summed E-state index contributed by atoms with van der Waals surface area (Å²) in [4.78, 5) is 0. The summed E-state index contributed by atoms with van der Waals surface area (Å²) in [5.41, 5.74) is 2.06. The molecule has 0 fully saturated rings. The van der Waals surface area contributed by atoms with Gasteiger partial charge in [0.1, 0.15) is 17.3 Å². The lowest BCUT2D eigenvalue weighted by Crippen LogP contribution is -2.16. The molecule has 138 valence electrons. The van der Waals surface area contributed by atoms with Crippen LogP contribution in [-0.2, 0) is 13.0 Å². The standard InChI is InChI=1S/C20H19Cl2NO2.ClH/c1-24-19-5-3-2-4-14(19)8-9-23-13-18-6-7-20(25-18)15-10-16(21)12-17(22)11-15;/h2-7,10-12,23H,8-9,13H2,1H3;1H. The SMILES string of the molecule is COc1ccccc1CCNCc1ccc(-c2cc(Cl)cc(Cl)c2)o1.Cl. The van der Waals surface area contributed by atoms with Crippen molar-refractivity contribution in [2.24, 2.45) is 0 Å². The number of furan rings is 1. The highest BCUT2D eigenvalue weighted by Crippen LogP contribution is 2.28. The van der Waals surface area contributed by atoms with Crippen LogP contribution < -0.4 is 10.1 Å². The monoisotopic (exact) mass is 411 g/mol. The first-order valence-corrected chi connectivity index (χ1v) is 8.79. The zero-order valence-electron chi connectivity index (χ0n) is 14.3. The molecule has 0 radical (unpaired) electrons. The van der Waals surface area contributed by atoms with Crippen LogP contribution in [0.15, 0.2) is 59.0 Å². The summed E-state index contributed by atoms with van der Waals surface area (Å²) in [5, 5.41) is 4.57. The average molecular weight is 413 g/mol. The minimum absolute atomic E-state index is 0. The fourth-order valence-electron chi connectivity index (χ4n) is 2.67. The molecular formula is C20H20Cl3NO2. The van der Waals surface area contributed by atoms with Crippen molar-refractivity contribution in [2.75, 3.05) is 13.7 Å². The van der Waals surface area contributed by atoms with Crippen molar-refractivity contribution in [3.05, 3.63) is 76.0 Å². The smallest absolute Gasteiger partial charge is 0.134 e. The van der Waals surface area contributed by atoms with E-state index in [0.29, 0.717) is 16.6 Å². The molecule has 0 saturated heterocycles. The Hall–Kier alpha value is -1.65. The highest BCUT2D eigenvalue weighted by atomic mass is 35.5. The Morgan fingerprint density at radius 3 is 2.46 bits per heavy atom. The van der Waals surface area contributed by atoms with Crippen LogP contribution in [0.25, 0.3) is 11.3 Å². The first-order chi connectivity index (χ1) is 12.2. The molecule has 1 heterocycles. The third-order valence-electron chi connectivity index (χ3n) is 3.87. The zero-order chi connectivity index (χ0) is 17.6. The summed E-state index contributed by atoms with van der Waals surface area (Å²) in [6, 6.07) is 17.3. The number of hydrogen-bond acceptors (Lipinski definition) is 3. The van der Waals surface area contributed by atoms with Gasteiger partial charge < -0.3 is 14.5 Å². The molecule has 26 heavy (non-hydrogen) atoms. The molecule has 0 bridgehead atoms. The second kappa shape index (κ2) is 9.89. The lowest BCUT2D eigenvalue weighted by Gasteiger charge is -2.08. The van der Waals surface area contributed by atoms with Gasteiger partial charge >= 0.3 is 0 Å². The fourth-order valence-corrected chi connectivity index (χ4v) is 3.19. The quantitative estimate of drug-likeness (QED) is 0.482. The minimum atomic E-state index is 0. The van der Waals surface area contributed by atoms with Crippen LogP contribution in [0, 0.1) is 0 Å². The predicted octanol–water partition coefficient (Wildman–Crippen LogP) is 6.02. The Kier molecular flexibility index (Phi) is 7.85. The van der Waals surface area contributed by atoms with Crippen LogP contribution >= 0.6 is 35.6 Å². The van der Waals surface area contributed by atoms with E-state index in [9.17, 15) is 0 Å². The van der Waals surface area contributed by atoms with Crippen molar-refractivity contribution in [1.82, 2.24) is 5.32 Å². The second-order valence-corrected chi connectivity index (χ2v) is 6.54. The molecule has 2 aromatic carbocycles. The summed E-state index contributed by atoms with van der Waals surface area (Å²) in [7, 11) is 1.69. The molecule has 0 spiro atoms. The Balaban J connectivity index is 0.00000243. The van der Waals surface area contributed by atoms with Crippen LogP contribution in [0.2, 0.25) is 10.0 Å². The van der Waals surface area contributed by atoms with Crippen LogP contribution in [0.4, 0.5) is 0 Å². The van der Waals surface area contributed by atoms with Crippen LogP contribution in [-0.4, -0.2) is 13.7 Å². The van der Waals surface area contributed by atoms with E-state index in [1.807, 2.05) is 42.5 Å². The van der Waals surface area contributed by atoms with Gasteiger partial charge in [0.15, 0.2) is 0 Å². The number of ether oxygens (including phenoxy) is 1. The normalized spacial score (nSPS) is 10.4. The Morgan fingerprint density at radius 2 is 1.73 bits per heavy atom. The summed E-state index contributed by atoms with van der Waals surface area (Å²) in [6.07, 6.45) is 0.890. The highest BCUT2D eigenvalue weighted by molar-refractivity contribution is 6.35. The third kappa shape index (κ3) is 5.42. The molecule has 0 amide bonds. The zero-order valence-corrected chi connectivity index (χ0v) is 16.6. The van der Waals surface area contributed by atoms with Gasteiger partial charge in [-0.2, -0.15) is 0 Å². The average Bonchev–Trinajstić information content (AvgIpc) is 3.07. The molecule has 0 aliphatic rings. The number of nitrogens with one attached hydrogen (secondary N) is 1. The molecular weight excluding hydrogens is 393 g/mol. The van der Waals surface area contributed by atoms with Crippen molar-refractivity contribution < 1.29 is 9.15 Å². The van der Waals surface area contributed by atoms with Gasteiger partial charge in [0.25, 0.3) is 0 Å². The van der Waals surface area contributed by atoms with Crippen molar-refractivity contribution in [3.63, 3.8) is 0 Å².